The van der Waals surface area contributed by atoms with Crippen LogP contribution in [0.25, 0.3) is 10.9 Å². The fourth-order valence-electron chi connectivity index (χ4n) is 1.50. The van der Waals surface area contributed by atoms with Crippen LogP contribution >= 0.6 is 0 Å². The third-order valence-electron chi connectivity index (χ3n) is 2.24. The molecule has 1 aromatic heterocycles. The normalized spacial score (nSPS) is 10.4. The highest BCUT2D eigenvalue weighted by Crippen LogP contribution is 2.21. The Morgan fingerprint density at radius 1 is 1.44 bits per heavy atom. The van der Waals surface area contributed by atoms with Crippen LogP contribution in [0.5, 0.6) is 0 Å². The summed E-state index contributed by atoms with van der Waals surface area (Å²) in [6, 6.07) is 5.46. The summed E-state index contributed by atoms with van der Waals surface area (Å²) in [6.07, 6.45) is 0. The molecule has 2 aromatic rings. The molecule has 0 atom stereocenters. The summed E-state index contributed by atoms with van der Waals surface area (Å²) < 4.78 is 13.0. The molecule has 0 aliphatic carbocycles. The van der Waals surface area contributed by atoms with Gasteiger partial charge in [-0.3, -0.25) is 0 Å². The number of hydrogen-bond acceptors (Lipinski definition) is 3. The van der Waals surface area contributed by atoms with Gasteiger partial charge in [-0.05, 0) is 24.3 Å². The number of pyridine rings is 1. The quantitative estimate of drug-likeness (QED) is 0.813. The fraction of sp³-hybridized carbons (Fsp3) is 0.0909. The van der Waals surface area contributed by atoms with Gasteiger partial charge >= 0.3 is 5.97 Å². The van der Waals surface area contributed by atoms with Crippen LogP contribution in [0.2, 0.25) is 0 Å². The number of carboxylic acids is 1. The van der Waals surface area contributed by atoms with Crippen molar-refractivity contribution in [3.8, 4) is 0 Å². The SMILES string of the molecule is CNc1nc2ccc(F)cc2cc1C(=O)O. The Morgan fingerprint density at radius 2 is 2.19 bits per heavy atom. The predicted molar refractivity (Wildman–Crippen MR) is 58.2 cm³/mol. The smallest absolute Gasteiger partial charge is 0.339 e. The van der Waals surface area contributed by atoms with Gasteiger partial charge in [-0.15, -0.1) is 0 Å². The average molecular weight is 220 g/mol. The number of benzene rings is 1. The van der Waals surface area contributed by atoms with E-state index in [1.807, 2.05) is 0 Å². The van der Waals surface area contributed by atoms with Gasteiger partial charge in [0, 0.05) is 12.4 Å². The van der Waals surface area contributed by atoms with Crippen molar-refractivity contribution in [2.75, 3.05) is 12.4 Å². The number of anilines is 1. The summed E-state index contributed by atoms with van der Waals surface area (Å²) in [7, 11) is 1.59. The van der Waals surface area contributed by atoms with E-state index in [1.54, 1.807) is 7.05 Å². The molecule has 0 aliphatic rings. The van der Waals surface area contributed by atoms with E-state index in [-0.39, 0.29) is 11.4 Å². The zero-order valence-electron chi connectivity index (χ0n) is 8.49. The summed E-state index contributed by atoms with van der Waals surface area (Å²) in [4.78, 5) is 15.0. The van der Waals surface area contributed by atoms with E-state index in [9.17, 15) is 9.18 Å². The van der Waals surface area contributed by atoms with Crippen LogP contribution < -0.4 is 5.32 Å². The molecule has 1 aromatic carbocycles. The topological polar surface area (TPSA) is 62.2 Å². The van der Waals surface area contributed by atoms with Gasteiger partial charge in [-0.2, -0.15) is 0 Å². The van der Waals surface area contributed by atoms with Gasteiger partial charge < -0.3 is 10.4 Å². The van der Waals surface area contributed by atoms with Crippen molar-refractivity contribution in [1.29, 1.82) is 0 Å². The Balaban J connectivity index is 2.75. The van der Waals surface area contributed by atoms with E-state index in [1.165, 1.54) is 24.3 Å². The van der Waals surface area contributed by atoms with E-state index < -0.39 is 11.8 Å². The highest BCUT2D eigenvalue weighted by atomic mass is 19.1. The first kappa shape index (κ1) is 10.4. The number of fused-ring (bicyclic) bond motifs is 1. The number of nitrogens with one attached hydrogen (secondary N) is 1. The summed E-state index contributed by atoms with van der Waals surface area (Å²) in [5.41, 5.74) is 0.580. The van der Waals surface area contributed by atoms with E-state index in [0.717, 1.165) is 0 Å². The zero-order valence-corrected chi connectivity index (χ0v) is 8.49. The molecule has 0 amide bonds. The van der Waals surface area contributed by atoms with Crippen LogP contribution in [-0.2, 0) is 0 Å². The second-order valence-electron chi connectivity index (χ2n) is 3.28. The number of carboxylic acid groups (broad SMARTS) is 1. The fourth-order valence-corrected chi connectivity index (χ4v) is 1.50. The van der Waals surface area contributed by atoms with Gasteiger partial charge in [0.25, 0.3) is 0 Å². The van der Waals surface area contributed by atoms with Crippen LogP contribution in [0.1, 0.15) is 10.4 Å². The second-order valence-corrected chi connectivity index (χ2v) is 3.28. The lowest BCUT2D eigenvalue weighted by atomic mass is 10.1. The number of aromatic nitrogens is 1. The summed E-state index contributed by atoms with van der Waals surface area (Å²) in [5.74, 6) is -1.24. The van der Waals surface area contributed by atoms with Gasteiger partial charge in [-0.25, -0.2) is 14.2 Å². The van der Waals surface area contributed by atoms with Crippen LogP contribution in [0.4, 0.5) is 10.2 Å². The van der Waals surface area contributed by atoms with Crippen LogP contribution in [0.15, 0.2) is 24.3 Å². The lowest BCUT2D eigenvalue weighted by molar-refractivity contribution is 0.0698. The Bertz CT molecular complexity index is 569. The molecular weight excluding hydrogens is 211 g/mol. The second kappa shape index (κ2) is 3.77. The summed E-state index contributed by atoms with van der Waals surface area (Å²) in [5, 5.41) is 12.1. The summed E-state index contributed by atoms with van der Waals surface area (Å²) in [6.45, 7) is 0. The molecule has 5 heteroatoms. The largest absolute Gasteiger partial charge is 0.478 e. The monoisotopic (exact) mass is 220 g/mol. The minimum Gasteiger partial charge on any atom is -0.478 e. The zero-order chi connectivity index (χ0) is 11.7. The third kappa shape index (κ3) is 1.67. The van der Waals surface area contributed by atoms with Crippen molar-refractivity contribution in [3.63, 3.8) is 0 Å². The molecular formula is C11H9FN2O2. The van der Waals surface area contributed by atoms with Gasteiger partial charge in [0.1, 0.15) is 17.2 Å². The number of carbonyl (C=O) groups is 1. The molecule has 0 aliphatic heterocycles. The highest BCUT2D eigenvalue weighted by molar-refractivity contribution is 5.97. The molecule has 0 saturated carbocycles. The Morgan fingerprint density at radius 3 is 2.81 bits per heavy atom. The predicted octanol–water partition coefficient (Wildman–Crippen LogP) is 2.11. The number of hydrogen-bond donors (Lipinski definition) is 2. The Hall–Kier alpha value is -2.17. The maximum atomic E-state index is 13.0. The molecule has 0 saturated heterocycles. The van der Waals surface area contributed by atoms with Crippen molar-refractivity contribution in [3.05, 3.63) is 35.6 Å². The molecule has 0 bridgehead atoms. The van der Waals surface area contributed by atoms with Crippen molar-refractivity contribution >= 4 is 22.7 Å². The molecule has 82 valence electrons. The van der Waals surface area contributed by atoms with E-state index in [0.29, 0.717) is 10.9 Å². The standard InChI is InChI=1S/C11H9FN2O2/c1-13-10-8(11(15)16)5-6-4-7(12)2-3-9(6)14-10/h2-5H,1H3,(H,13,14)(H,15,16). The highest BCUT2D eigenvalue weighted by Gasteiger charge is 2.12. The minimum absolute atomic E-state index is 0.0283. The van der Waals surface area contributed by atoms with Crippen LogP contribution in [0.3, 0.4) is 0 Å². The van der Waals surface area contributed by atoms with E-state index in [2.05, 4.69) is 10.3 Å². The third-order valence-corrected chi connectivity index (χ3v) is 2.24. The number of rotatable bonds is 2. The van der Waals surface area contributed by atoms with Crippen molar-refractivity contribution < 1.29 is 14.3 Å². The van der Waals surface area contributed by atoms with Gasteiger partial charge in [0.05, 0.1) is 5.52 Å². The first-order valence-corrected chi connectivity index (χ1v) is 4.63. The number of halogens is 1. The number of nitrogens with zero attached hydrogens (tertiary/aromatic N) is 1. The van der Waals surface area contributed by atoms with E-state index in [4.69, 9.17) is 5.11 Å². The lowest BCUT2D eigenvalue weighted by Crippen LogP contribution is -2.05. The van der Waals surface area contributed by atoms with Gasteiger partial charge in [0.2, 0.25) is 0 Å². The first-order valence-electron chi connectivity index (χ1n) is 4.63. The lowest BCUT2D eigenvalue weighted by Gasteiger charge is -2.06. The van der Waals surface area contributed by atoms with Gasteiger partial charge in [0.15, 0.2) is 0 Å². The minimum atomic E-state index is -1.09. The number of aromatic carboxylic acids is 1. The average Bonchev–Trinajstić information content (AvgIpc) is 2.27. The van der Waals surface area contributed by atoms with Crippen molar-refractivity contribution in [1.82, 2.24) is 4.98 Å². The molecule has 16 heavy (non-hydrogen) atoms. The van der Waals surface area contributed by atoms with Crippen LogP contribution in [-0.4, -0.2) is 23.1 Å². The molecule has 4 nitrogen and oxygen atoms in total. The summed E-state index contributed by atoms with van der Waals surface area (Å²) >= 11 is 0. The molecule has 0 fully saturated rings. The molecule has 0 radical (unpaired) electrons. The maximum Gasteiger partial charge on any atom is 0.339 e. The van der Waals surface area contributed by atoms with Crippen LogP contribution in [0, 0.1) is 5.82 Å². The Labute approximate surface area is 90.7 Å². The molecule has 1 heterocycles. The van der Waals surface area contributed by atoms with E-state index >= 15 is 0 Å². The molecule has 2 N–H and O–H groups in total. The maximum absolute atomic E-state index is 13.0. The van der Waals surface area contributed by atoms with Gasteiger partial charge in [-0.1, -0.05) is 0 Å². The van der Waals surface area contributed by atoms with Crippen molar-refractivity contribution in [2.45, 2.75) is 0 Å². The molecule has 0 spiro atoms. The Kier molecular flexibility index (Phi) is 2.44. The van der Waals surface area contributed by atoms with Crippen molar-refractivity contribution in [2.24, 2.45) is 0 Å². The molecule has 2 rings (SSSR count). The molecule has 0 unspecified atom stereocenters. The first-order chi connectivity index (χ1) is 7.61.